The number of allylic oxidation sites excluding steroid dienone is 2. The van der Waals surface area contributed by atoms with Gasteiger partial charge in [0.2, 0.25) is 0 Å². The maximum absolute atomic E-state index is 5.90. The molecule has 1 aliphatic carbocycles. The second-order valence-corrected chi connectivity index (χ2v) is 4.75. The maximum Gasteiger partial charge on any atom is 0.102 e. The number of hydrogen-bond donors (Lipinski definition) is 0. The van der Waals surface area contributed by atoms with E-state index >= 15 is 0 Å². The molecule has 0 saturated carbocycles. The first-order valence-electron chi connectivity index (χ1n) is 4.79. The van der Waals surface area contributed by atoms with Crippen molar-refractivity contribution < 1.29 is 4.74 Å². The van der Waals surface area contributed by atoms with Gasteiger partial charge in [-0.25, -0.2) is 0 Å². The van der Waals surface area contributed by atoms with Crippen LogP contribution in [0.4, 0.5) is 0 Å². The molecule has 2 unspecified atom stereocenters. The summed E-state index contributed by atoms with van der Waals surface area (Å²) in [6.07, 6.45) is 11.1. The standard InChI is InChI=1S/C12H16O/c1-12(2,3)11-8-9-6-4-5-7-10(9)13-11/h4-8,10-11H,1-3H3. The third kappa shape index (κ3) is 1.61. The minimum Gasteiger partial charge on any atom is -0.362 e. The van der Waals surface area contributed by atoms with Crippen molar-refractivity contribution >= 4 is 0 Å². The first-order valence-corrected chi connectivity index (χ1v) is 4.79. The summed E-state index contributed by atoms with van der Waals surface area (Å²) in [5.41, 5.74) is 1.51. The molecule has 0 amide bonds. The molecule has 0 aromatic rings. The van der Waals surface area contributed by atoms with Crippen LogP contribution in [0.1, 0.15) is 20.8 Å². The van der Waals surface area contributed by atoms with Gasteiger partial charge >= 0.3 is 0 Å². The van der Waals surface area contributed by atoms with Crippen LogP contribution in [0.2, 0.25) is 0 Å². The lowest BCUT2D eigenvalue weighted by Gasteiger charge is -2.26. The molecule has 0 bridgehead atoms. The van der Waals surface area contributed by atoms with Gasteiger partial charge in [0.1, 0.15) is 6.10 Å². The summed E-state index contributed by atoms with van der Waals surface area (Å²) >= 11 is 0. The summed E-state index contributed by atoms with van der Waals surface area (Å²) in [4.78, 5) is 0. The topological polar surface area (TPSA) is 9.23 Å². The Balaban J connectivity index is 2.21. The Morgan fingerprint density at radius 1 is 1.23 bits per heavy atom. The van der Waals surface area contributed by atoms with Gasteiger partial charge in [-0.05, 0) is 17.1 Å². The minimum atomic E-state index is 0.200. The second kappa shape index (κ2) is 2.85. The van der Waals surface area contributed by atoms with E-state index in [0.29, 0.717) is 0 Å². The highest BCUT2D eigenvalue weighted by Crippen LogP contribution is 2.34. The Labute approximate surface area is 79.8 Å². The highest BCUT2D eigenvalue weighted by molar-refractivity contribution is 5.38. The van der Waals surface area contributed by atoms with Gasteiger partial charge in [0, 0.05) is 0 Å². The first-order chi connectivity index (χ1) is 6.07. The zero-order chi connectivity index (χ0) is 9.47. The van der Waals surface area contributed by atoms with Gasteiger partial charge in [-0.15, -0.1) is 0 Å². The lowest BCUT2D eigenvalue weighted by molar-refractivity contribution is 0.0165. The molecule has 0 N–H and O–H groups in total. The zero-order valence-corrected chi connectivity index (χ0v) is 8.45. The maximum atomic E-state index is 5.90. The fourth-order valence-electron chi connectivity index (χ4n) is 1.64. The van der Waals surface area contributed by atoms with Crippen LogP contribution >= 0.6 is 0 Å². The van der Waals surface area contributed by atoms with Crippen molar-refractivity contribution in [3.63, 3.8) is 0 Å². The Hall–Kier alpha value is -0.820. The molecule has 1 nitrogen and oxygen atoms in total. The van der Waals surface area contributed by atoms with Gasteiger partial charge in [-0.3, -0.25) is 0 Å². The largest absolute Gasteiger partial charge is 0.362 e. The zero-order valence-electron chi connectivity index (χ0n) is 8.45. The van der Waals surface area contributed by atoms with E-state index < -0.39 is 0 Å². The molecule has 70 valence electrons. The molecule has 0 aromatic heterocycles. The van der Waals surface area contributed by atoms with Crippen molar-refractivity contribution in [2.75, 3.05) is 0 Å². The van der Waals surface area contributed by atoms with Crippen LogP contribution in [0.15, 0.2) is 36.0 Å². The number of fused-ring (bicyclic) bond motifs is 1. The van der Waals surface area contributed by atoms with Crippen molar-refractivity contribution in [2.24, 2.45) is 5.41 Å². The lowest BCUT2D eigenvalue weighted by atomic mass is 9.89. The van der Waals surface area contributed by atoms with Crippen LogP contribution in [0.25, 0.3) is 0 Å². The molecule has 0 aromatic carbocycles. The number of hydrogen-bond acceptors (Lipinski definition) is 1. The first kappa shape index (κ1) is 8.76. The van der Waals surface area contributed by atoms with E-state index in [4.69, 9.17) is 4.74 Å². The fraction of sp³-hybridized carbons (Fsp3) is 0.500. The molecular weight excluding hydrogens is 160 g/mol. The van der Waals surface area contributed by atoms with Gasteiger partial charge in [-0.1, -0.05) is 45.1 Å². The van der Waals surface area contributed by atoms with E-state index in [1.165, 1.54) is 5.57 Å². The van der Waals surface area contributed by atoms with Crippen molar-refractivity contribution in [1.29, 1.82) is 0 Å². The Kier molecular flexibility index (Phi) is 1.92. The van der Waals surface area contributed by atoms with Gasteiger partial charge in [0.25, 0.3) is 0 Å². The highest BCUT2D eigenvalue weighted by atomic mass is 16.5. The van der Waals surface area contributed by atoms with E-state index in [9.17, 15) is 0 Å². The van der Waals surface area contributed by atoms with Gasteiger partial charge in [0.05, 0.1) is 6.10 Å². The summed E-state index contributed by atoms with van der Waals surface area (Å²) in [5, 5.41) is 0. The fourth-order valence-corrected chi connectivity index (χ4v) is 1.64. The summed E-state index contributed by atoms with van der Waals surface area (Å²) in [6, 6.07) is 0. The molecule has 0 saturated heterocycles. The molecule has 0 spiro atoms. The van der Waals surface area contributed by atoms with E-state index in [1.54, 1.807) is 0 Å². The molecule has 0 radical (unpaired) electrons. The van der Waals surface area contributed by atoms with Crippen LogP contribution in [-0.2, 0) is 4.74 Å². The predicted octanol–water partition coefficient (Wildman–Crippen LogP) is 2.85. The van der Waals surface area contributed by atoms with Crippen molar-refractivity contribution in [3.8, 4) is 0 Å². The molecule has 13 heavy (non-hydrogen) atoms. The predicted molar refractivity (Wildman–Crippen MR) is 54.5 cm³/mol. The third-order valence-corrected chi connectivity index (χ3v) is 2.50. The van der Waals surface area contributed by atoms with E-state index in [1.807, 2.05) is 6.08 Å². The second-order valence-electron chi connectivity index (χ2n) is 4.75. The normalized spacial score (nSPS) is 31.8. The Morgan fingerprint density at radius 2 is 2.00 bits per heavy atom. The van der Waals surface area contributed by atoms with Crippen LogP contribution < -0.4 is 0 Å². The molecule has 2 atom stereocenters. The molecule has 1 aliphatic heterocycles. The van der Waals surface area contributed by atoms with Crippen LogP contribution in [0.5, 0.6) is 0 Å². The summed E-state index contributed by atoms with van der Waals surface area (Å²) < 4.78 is 5.90. The Morgan fingerprint density at radius 3 is 2.62 bits per heavy atom. The molecule has 1 heteroatoms. The third-order valence-electron chi connectivity index (χ3n) is 2.50. The molecule has 0 fully saturated rings. The van der Waals surface area contributed by atoms with E-state index in [-0.39, 0.29) is 17.6 Å². The van der Waals surface area contributed by atoms with Gasteiger partial charge in [0.15, 0.2) is 0 Å². The van der Waals surface area contributed by atoms with E-state index in [2.05, 4.69) is 45.1 Å². The van der Waals surface area contributed by atoms with Crippen LogP contribution in [0.3, 0.4) is 0 Å². The van der Waals surface area contributed by atoms with Gasteiger partial charge < -0.3 is 4.74 Å². The molecule has 2 rings (SSSR count). The molecule has 2 aliphatic rings. The molecule has 1 heterocycles. The summed E-state index contributed by atoms with van der Waals surface area (Å²) in [5.74, 6) is 0. The minimum absolute atomic E-state index is 0.200. The highest BCUT2D eigenvalue weighted by Gasteiger charge is 2.32. The lowest BCUT2D eigenvalue weighted by Crippen LogP contribution is -2.26. The number of rotatable bonds is 0. The monoisotopic (exact) mass is 176 g/mol. The number of ether oxygens (including phenoxy) is 1. The van der Waals surface area contributed by atoms with Crippen molar-refractivity contribution in [1.82, 2.24) is 0 Å². The van der Waals surface area contributed by atoms with Crippen LogP contribution in [-0.4, -0.2) is 12.2 Å². The van der Waals surface area contributed by atoms with Crippen molar-refractivity contribution in [3.05, 3.63) is 36.0 Å². The summed E-state index contributed by atoms with van der Waals surface area (Å²) in [6.45, 7) is 6.62. The average Bonchev–Trinajstić information content (AvgIpc) is 2.45. The van der Waals surface area contributed by atoms with E-state index in [0.717, 1.165) is 0 Å². The quantitative estimate of drug-likeness (QED) is 0.551. The average molecular weight is 176 g/mol. The SMILES string of the molecule is CC(C)(C)C1C=C2C=CC=CC2O1. The van der Waals surface area contributed by atoms with Crippen LogP contribution in [0, 0.1) is 5.41 Å². The van der Waals surface area contributed by atoms with Crippen molar-refractivity contribution in [2.45, 2.75) is 33.0 Å². The van der Waals surface area contributed by atoms with Gasteiger partial charge in [-0.2, -0.15) is 0 Å². The Bertz CT molecular complexity index is 289. The smallest absolute Gasteiger partial charge is 0.102 e. The molecular formula is C12H16O. The summed E-state index contributed by atoms with van der Waals surface area (Å²) in [7, 11) is 0.